The molecular weight excluding hydrogens is 396 g/mol. The molecule has 2 heterocycles. The van der Waals surface area contributed by atoms with Crippen molar-refractivity contribution in [2.75, 3.05) is 25.0 Å². The van der Waals surface area contributed by atoms with Gasteiger partial charge in [0.2, 0.25) is 0 Å². The lowest BCUT2D eigenvalue weighted by molar-refractivity contribution is -0.0947. The number of ether oxygens (including phenoxy) is 1. The molecule has 8 nitrogen and oxygen atoms in total. The van der Waals surface area contributed by atoms with Crippen LogP contribution in [-0.2, 0) is 11.3 Å². The van der Waals surface area contributed by atoms with Crippen LogP contribution in [0.1, 0.15) is 43.8 Å². The number of benzene rings is 1. The molecule has 0 unspecified atom stereocenters. The van der Waals surface area contributed by atoms with Gasteiger partial charge in [0.05, 0.1) is 18.5 Å². The normalized spacial score (nSPS) is 19.6. The van der Waals surface area contributed by atoms with Gasteiger partial charge < -0.3 is 25.1 Å². The summed E-state index contributed by atoms with van der Waals surface area (Å²) in [5, 5.41) is 8.62. The maximum absolute atomic E-state index is 12.3. The Morgan fingerprint density at radius 1 is 1.06 bits per heavy atom. The molecule has 0 saturated carbocycles. The molecule has 0 aliphatic carbocycles. The third-order valence-corrected chi connectivity index (χ3v) is 5.37. The molecule has 3 rings (SSSR count). The van der Waals surface area contributed by atoms with E-state index in [0.29, 0.717) is 18.8 Å². The van der Waals surface area contributed by atoms with Crippen LogP contribution in [-0.4, -0.2) is 54.2 Å². The summed E-state index contributed by atoms with van der Waals surface area (Å²) in [4.78, 5) is 26.6. The van der Waals surface area contributed by atoms with Crippen molar-refractivity contribution in [3.05, 3.63) is 54.0 Å². The number of carbonyl (C=O) groups is 2. The highest BCUT2D eigenvalue weighted by Crippen LogP contribution is 2.20. The lowest BCUT2D eigenvalue weighted by Gasteiger charge is -2.45. The van der Waals surface area contributed by atoms with Crippen molar-refractivity contribution < 1.29 is 18.7 Å². The van der Waals surface area contributed by atoms with Crippen LogP contribution >= 0.6 is 0 Å². The molecule has 0 spiro atoms. The maximum Gasteiger partial charge on any atom is 0.315 e. The average Bonchev–Trinajstić information content (AvgIpc) is 3.26. The first-order valence-electron chi connectivity index (χ1n) is 10.6. The van der Waals surface area contributed by atoms with Crippen molar-refractivity contribution in [3.63, 3.8) is 0 Å². The molecule has 0 radical (unpaired) electrons. The predicted molar refractivity (Wildman–Crippen MR) is 119 cm³/mol. The molecule has 8 heteroatoms. The fourth-order valence-corrected chi connectivity index (χ4v) is 3.63. The van der Waals surface area contributed by atoms with Crippen LogP contribution in [0.25, 0.3) is 0 Å². The predicted octanol–water partition coefficient (Wildman–Crippen LogP) is 3.22. The van der Waals surface area contributed by atoms with Crippen LogP contribution in [0.5, 0.6) is 0 Å². The Labute approximate surface area is 183 Å². The molecule has 2 atom stereocenters. The Balaban J connectivity index is 1.42. The van der Waals surface area contributed by atoms with Gasteiger partial charge in [-0.25, -0.2) is 4.79 Å². The van der Waals surface area contributed by atoms with Crippen LogP contribution in [0.15, 0.2) is 47.1 Å². The zero-order chi connectivity index (χ0) is 22.4. The summed E-state index contributed by atoms with van der Waals surface area (Å²) < 4.78 is 10.9. The minimum Gasteiger partial charge on any atom is -0.459 e. The quantitative estimate of drug-likeness (QED) is 0.629. The first kappa shape index (κ1) is 22.8. The Morgan fingerprint density at radius 3 is 2.35 bits per heavy atom. The molecule has 1 aromatic carbocycles. The Hall–Kier alpha value is -2.84. The molecule has 3 N–H and O–H groups in total. The van der Waals surface area contributed by atoms with Gasteiger partial charge in [0.15, 0.2) is 5.76 Å². The van der Waals surface area contributed by atoms with E-state index in [9.17, 15) is 9.59 Å². The van der Waals surface area contributed by atoms with Gasteiger partial charge in [-0.15, -0.1) is 0 Å². The fraction of sp³-hybridized carbons (Fsp3) is 0.478. The van der Waals surface area contributed by atoms with Crippen LogP contribution in [0.2, 0.25) is 0 Å². The summed E-state index contributed by atoms with van der Waals surface area (Å²) in [5.41, 5.74) is 1.42. The molecule has 31 heavy (non-hydrogen) atoms. The smallest absolute Gasteiger partial charge is 0.315 e. The van der Waals surface area contributed by atoms with Crippen LogP contribution < -0.4 is 16.0 Å². The third-order valence-electron chi connectivity index (χ3n) is 5.37. The second-order valence-electron chi connectivity index (χ2n) is 8.64. The van der Waals surface area contributed by atoms with E-state index in [0.717, 1.165) is 18.7 Å². The minimum absolute atomic E-state index is 0.169. The topological polar surface area (TPSA) is 95.8 Å². The summed E-state index contributed by atoms with van der Waals surface area (Å²) >= 11 is 0. The van der Waals surface area contributed by atoms with Gasteiger partial charge in [0.1, 0.15) is 0 Å². The van der Waals surface area contributed by atoms with Crippen molar-refractivity contribution in [3.8, 4) is 0 Å². The highest BCUT2D eigenvalue weighted by molar-refractivity contribution is 6.02. The lowest BCUT2D eigenvalue weighted by Crippen LogP contribution is -2.59. The van der Waals surface area contributed by atoms with E-state index in [2.05, 4.69) is 48.5 Å². The first-order valence-corrected chi connectivity index (χ1v) is 10.6. The van der Waals surface area contributed by atoms with Gasteiger partial charge >= 0.3 is 6.03 Å². The van der Waals surface area contributed by atoms with E-state index >= 15 is 0 Å². The number of rotatable bonds is 7. The largest absolute Gasteiger partial charge is 0.459 e. The molecule has 1 fully saturated rings. The number of nitrogens with one attached hydrogen (secondary N) is 3. The molecule has 3 amide bonds. The number of nitrogens with zero attached hydrogens (tertiary/aromatic N) is 1. The molecule has 168 valence electrons. The van der Waals surface area contributed by atoms with E-state index < -0.39 is 0 Å². The van der Waals surface area contributed by atoms with Crippen LogP contribution in [0, 0.1) is 0 Å². The summed E-state index contributed by atoms with van der Waals surface area (Å²) in [5.74, 6) is -0.0479. The Bertz CT molecular complexity index is 854. The first-order chi connectivity index (χ1) is 14.7. The van der Waals surface area contributed by atoms with Gasteiger partial charge in [-0.2, -0.15) is 0 Å². The van der Waals surface area contributed by atoms with Gasteiger partial charge in [-0.3, -0.25) is 9.69 Å². The number of hydrogen-bond donors (Lipinski definition) is 3. The number of anilines is 1. The highest BCUT2D eigenvalue weighted by atomic mass is 16.5. The Morgan fingerprint density at radius 2 is 1.74 bits per heavy atom. The van der Waals surface area contributed by atoms with Gasteiger partial charge in [0, 0.05) is 37.4 Å². The summed E-state index contributed by atoms with van der Waals surface area (Å²) in [6.07, 6.45) is 1.82. The van der Waals surface area contributed by atoms with Crippen LogP contribution in [0.4, 0.5) is 10.5 Å². The molecule has 2 aromatic rings. The summed E-state index contributed by atoms with van der Waals surface area (Å²) in [6, 6.07) is 10.4. The molecule has 0 bridgehead atoms. The fourth-order valence-electron chi connectivity index (χ4n) is 3.63. The molecule has 1 saturated heterocycles. The van der Waals surface area contributed by atoms with Crippen molar-refractivity contribution in [2.24, 2.45) is 0 Å². The number of amides is 3. The summed E-state index contributed by atoms with van der Waals surface area (Å²) in [7, 11) is 0. The standard InChI is InChI=1S/C23H32N4O4/c1-16-13-27(14-17(2)31-16)23(3,4)15-25-22(29)24-12-18-7-9-19(10-8-18)26-21(28)20-6-5-11-30-20/h5-11,16-17H,12-15H2,1-4H3,(H,26,28)(H2,24,25,29)/t16-,17-/m1/s1. The SMILES string of the molecule is C[C@@H]1CN(C(C)(C)CNC(=O)NCc2ccc(NC(=O)c3ccco3)cc2)C[C@@H](C)O1. The maximum atomic E-state index is 12.3. The van der Waals surface area contributed by atoms with Gasteiger partial charge in [-0.1, -0.05) is 12.1 Å². The van der Waals surface area contributed by atoms with Crippen molar-refractivity contribution in [1.82, 2.24) is 15.5 Å². The molecular formula is C23H32N4O4. The number of hydrogen-bond acceptors (Lipinski definition) is 5. The average molecular weight is 429 g/mol. The Kier molecular flexibility index (Phi) is 7.35. The van der Waals surface area contributed by atoms with E-state index in [4.69, 9.17) is 9.15 Å². The minimum atomic E-state index is -0.304. The zero-order valence-corrected chi connectivity index (χ0v) is 18.6. The molecule has 1 aliphatic rings. The van der Waals surface area contributed by atoms with Gasteiger partial charge in [-0.05, 0) is 57.5 Å². The summed E-state index contributed by atoms with van der Waals surface area (Å²) in [6.45, 7) is 11.0. The number of furan rings is 1. The van der Waals surface area contributed by atoms with Gasteiger partial charge in [0.25, 0.3) is 5.91 Å². The number of carbonyl (C=O) groups excluding carboxylic acids is 2. The third kappa shape index (κ3) is 6.57. The number of morpholine rings is 1. The van der Waals surface area contributed by atoms with E-state index in [1.165, 1.54) is 6.26 Å². The van der Waals surface area contributed by atoms with E-state index in [1.807, 2.05) is 12.1 Å². The second kappa shape index (κ2) is 9.98. The molecule has 1 aliphatic heterocycles. The highest BCUT2D eigenvalue weighted by Gasteiger charge is 2.33. The van der Waals surface area contributed by atoms with Crippen molar-refractivity contribution >= 4 is 17.6 Å². The monoisotopic (exact) mass is 428 g/mol. The molecule has 1 aromatic heterocycles. The van der Waals surface area contributed by atoms with E-state index in [1.54, 1.807) is 24.3 Å². The van der Waals surface area contributed by atoms with Crippen molar-refractivity contribution in [2.45, 2.75) is 52.0 Å². The van der Waals surface area contributed by atoms with E-state index in [-0.39, 0.29) is 35.4 Å². The number of urea groups is 1. The van der Waals surface area contributed by atoms with Crippen LogP contribution in [0.3, 0.4) is 0 Å². The second-order valence-corrected chi connectivity index (χ2v) is 8.64. The lowest BCUT2D eigenvalue weighted by atomic mass is 10.00. The zero-order valence-electron chi connectivity index (χ0n) is 18.6. The van der Waals surface area contributed by atoms with Crippen molar-refractivity contribution in [1.29, 1.82) is 0 Å².